The van der Waals surface area contributed by atoms with Crippen LogP contribution in [0.5, 0.6) is 0 Å². The lowest BCUT2D eigenvalue weighted by Gasteiger charge is -2.10. The molecule has 0 amide bonds. The summed E-state index contributed by atoms with van der Waals surface area (Å²) in [5.41, 5.74) is 3.75. The van der Waals surface area contributed by atoms with Crippen LogP contribution in [-0.4, -0.2) is 19.1 Å². The van der Waals surface area contributed by atoms with E-state index < -0.39 is 0 Å². The largest absolute Gasteiger partial charge is 0.301 e. The van der Waals surface area contributed by atoms with E-state index in [-0.39, 0.29) is 0 Å². The van der Waals surface area contributed by atoms with E-state index in [0.29, 0.717) is 5.02 Å². The van der Waals surface area contributed by atoms with Crippen LogP contribution in [0.3, 0.4) is 0 Å². The van der Waals surface area contributed by atoms with Crippen LogP contribution in [-0.2, 0) is 0 Å². The molecular weight excluding hydrogens is 332 g/mol. The van der Waals surface area contributed by atoms with Gasteiger partial charge in [-0.25, -0.2) is 9.97 Å². The third-order valence-corrected chi connectivity index (χ3v) is 4.54. The second-order valence-corrected chi connectivity index (χ2v) is 6.31. The van der Waals surface area contributed by atoms with Gasteiger partial charge in [-0.05, 0) is 54.6 Å². The van der Waals surface area contributed by atoms with Crippen molar-refractivity contribution in [3.63, 3.8) is 0 Å². The van der Waals surface area contributed by atoms with Gasteiger partial charge in [-0.3, -0.25) is 0 Å². The number of rotatable bonds is 2. The molecule has 4 aromatic heterocycles. The number of pyridine rings is 2. The average molecular weight is 345 g/mol. The summed E-state index contributed by atoms with van der Waals surface area (Å²) in [5.74, 6) is 0. The van der Waals surface area contributed by atoms with Gasteiger partial charge in [0.1, 0.15) is 11.3 Å². The highest BCUT2D eigenvalue weighted by atomic mass is 35.5. The zero-order valence-corrected chi connectivity index (χ0v) is 13.9. The first kappa shape index (κ1) is 14.3. The van der Waals surface area contributed by atoms with Crippen molar-refractivity contribution in [2.24, 2.45) is 0 Å². The van der Waals surface area contributed by atoms with Crippen molar-refractivity contribution in [3.8, 4) is 11.4 Å². The summed E-state index contributed by atoms with van der Waals surface area (Å²) in [6.07, 6.45) is 7.62. The number of hydrogen-bond donors (Lipinski definition) is 0. The van der Waals surface area contributed by atoms with E-state index in [4.69, 9.17) is 11.6 Å². The molecule has 0 saturated heterocycles. The first-order valence-corrected chi connectivity index (χ1v) is 8.33. The normalized spacial score (nSPS) is 11.4. The topological polar surface area (TPSA) is 35.6 Å². The van der Waals surface area contributed by atoms with Gasteiger partial charge in [-0.15, -0.1) is 0 Å². The minimum absolute atomic E-state index is 0.670. The molecule has 5 rings (SSSR count). The van der Waals surface area contributed by atoms with E-state index in [1.54, 1.807) is 12.4 Å². The van der Waals surface area contributed by atoms with Crippen LogP contribution in [0.1, 0.15) is 0 Å². The predicted octanol–water partition coefficient (Wildman–Crippen LogP) is 5.02. The first-order valence-electron chi connectivity index (χ1n) is 7.95. The van der Waals surface area contributed by atoms with Gasteiger partial charge in [0.05, 0.1) is 11.4 Å². The van der Waals surface area contributed by atoms with Crippen molar-refractivity contribution in [3.05, 3.63) is 84.4 Å². The Morgan fingerprint density at radius 2 is 1.20 bits per heavy atom. The van der Waals surface area contributed by atoms with Crippen molar-refractivity contribution in [2.75, 3.05) is 0 Å². The molecule has 120 valence electrons. The third kappa shape index (κ3) is 2.30. The molecule has 0 saturated carbocycles. The average Bonchev–Trinajstić information content (AvgIpc) is 3.25. The smallest absolute Gasteiger partial charge is 0.144 e. The van der Waals surface area contributed by atoms with Gasteiger partial charge in [0, 0.05) is 40.6 Å². The maximum absolute atomic E-state index is 6.42. The van der Waals surface area contributed by atoms with E-state index in [1.165, 1.54) is 0 Å². The van der Waals surface area contributed by atoms with E-state index in [9.17, 15) is 0 Å². The SMILES string of the molecule is Clc1cc(-n2ccc3cccnc32)cc(-n2ccc3cccnc32)c1. The molecule has 0 aliphatic rings. The highest BCUT2D eigenvalue weighted by Crippen LogP contribution is 2.26. The minimum atomic E-state index is 0.670. The molecule has 0 aliphatic carbocycles. The van der Waals surface area contributed by atoms with Gasteiger partial charge in [-0.2, -0.15) is 0 Å². The van der Waals surface area contributed by atoms with Crippen molar-refractivity contribution < 1.29 is 0 Å². The number of fused-ring (bicyclic) bond motifs is 2. The van der Waals surface area contributed by atoms with Crippen LogP contribution in [0.2, 0.25) is 5.02 Å². The van der Waals surface area contributed by atoms with E-state index in [0.717, 1.165) is 33.4 Å². The zero-order chi connectivity index (χ0) is 16.8. The van der Waals surface area contributed by atoms with Crippen LogP contribution in [0.25, 0.3) is 33.4 Å². The van der Waals surface area contributed by atoms with Crippen molar-refractivity contribution >= 4 is 33.7 Å². The van der Waals surface area contributed by atoms with Gasteiger partial charge in [-0.1, -0.05) is 11.6 Å². The highest BCUT2D eigenvalue weighted by Gasteiger charge is 2.09. The van der Waals surface area contributed by atoms with Gasteiger partial charge in [0.25, 0.3) is 0 Å². The van der Waals surface area contributed by atoms with Crippen LogP contribution < -0.4 is 0 Å². The lowest BCUT2D eigenvalue weighted by molar-refractivity contribution is 1.06. The van der Waals surface area contributed by atoms with Crippen LogP contribution in [0.15, 0.2) is 79.4 Å². The van der Waals surface area contributed by atoms with Gasteiger partial charge in [0.2, 0.25) is 0 Å². The van der Waals surface area contributed by atoms with E-state index in [2.05, 4.69) is 28.2 Å². The molecule has 0 fully saturated rings. The van der Waals surface area contributed by atoms with Crippen molar-refractivity contribution in [1.29, 1.82) is 0 Å². The molecule has 0 spiro atoms. The fourth-order valence-corrected chi connectivity index (χ4v) is 3.41. The molecule has 0 N–H and O–H groups in total. The molecule has 4 heterocycles. The number of nitrogens with zero attached hydrogens (tertiary/aromatic N) is 4. The quantitative estimate of drug-likeness (QED) is 0.451. The summed E-state index contributed by atoms with van der Waals surface area (Å²) in [4.78, 5) is 8.98. The van der Waals surface area contributed by atoms with Crippen molar-refractivity contribution in [2.45, 2.75) is 0 Å². The Kier molecular flexibility index (Phi) is 3.11. The molecule has 4 nitrogen and oxygen atoms in total. The summed E-state index contributed by atoms with van der Waals surface area (Å²) in [7, 11) is 0. The van der Waals surface area contributed by atoms with Gasteiger partial charge in [0.15, 0.2) is 0 Å². The van der Waals surface area contributed by atoms with Gasteiger partial charge >= 0.3 is 0 Å². The Morgan fingerprint density at radius 3 is 1.72 bits per heavy atom. The minimum Gasteiger partial charge on any atom is -0.301 e. The summed E-state index contributed by atoms with van der Waals surface area (Å²) in [5, 5.41) is 2.86. The predicted molar refractivity (Wildman–Crippen MR) is 101 cm³/mol. The van der Waals surface area contributed by atoms with Crippen LogP contribution >= 0.6 is 11.6 Å². The van der Waals surface area contributed by atoms with E-state index in [1.807, 2.05) is 57.9 Å². The maximum Gasteiger partial charge on any atom is 0.144 e. The molecule has 0 radical (unpaired) electrons. The molecule has 5 aromatic rings. The first-order chi connectivity index (χ1) is 12.3. The molecule has 1 aromatic carbocycles. The molecule has 5 heteroatoms. The summed E-state index contributed by atoms with van der Waals surface area (Å²) in [6, 6.07) is 18.1. The van der Waals surface area contributed by atoms with Crippen molar-refractivity contribution in [1.82, 2.24) is 19.1 Å². The van der Waals surface area contributed by atoms with Gasteiger partial charge < -0.3 is 9.13 Å². The Bertz CT molecular complexity index is 1130. The fourth-order valence-electron chi connectivity index (χ4n) is 3.19. The number of halogens is 1. The second kappa shape index (κ2) is 5.46. The lowest BCUT2D eigenvalue weighted by atomic mass is 10.2. The Hall–Kier alpha value is -3.11. The third-order valence-electron chi connectivity index (χ3n) is 4.32. The summed E-state index contributed by atoms with van der Waals surface area (Å²) in [6.45, 7) is 0. The monoisotopic (exact) mass is 344 g/mol. The number of aromatic nitrogens is 4. The Labute approximate surface area is 148 Å². The fraction of sp³-hybridized carbons (Fsp3) is 0. The van der Waals surface area contributed by atoms with E-state index >= 15 is 0 Å². The summed E-state index contributed by atoms with van der Waals surface area (Å²) >= 11 is 6.42. The zero-order valence-electron chi connectivity index (χ0n) is 13.2. The Balaban J connectivity index is 1.73. The molecule has 25 heavy (non-hydrogen) atoms. The second-order valence-electron chi connectivity index (χ2n) is 5.87. The van der Waals surface area contributed by atoms with Crippen LogP contribution in [0.4, 0.5) is 0 Å². The van der Waals surface area contributed by atoms with Crippen LogP contribution in [0, 0.1) is 0 Å². The molecule has 0 unspecified atom stereocenters. The molecular formula is C20H13ClN4. The lowest BCUT2D eigenvalue weighted by Crippen LogP contribution is -1.98. The number of benzene rings is 1. The molecule has 0 bridgehead atoms. The number of hydrogen-bond acceptors (Lipinski definition) is 2. The highest BCUT2D eigenvalue weighted by molar-refractivity contribution is 6.31. The molecule has 0 aliphatic heterocycles. The maximum atomic E-state index is 6.42. The standard InChI is InChI=1S/C20H13ClN4/c21-16-11-17(24-9-5-14-3-1-7-22-19(14)24)13-18(12-16)25-10-6-15-4-2-8-23-20(15)25/h1-13H. The summed E-state index contributed by atoms with van der Waals surface area (Å²) < 4.78 is 4.09. The molecule has 0 atom stereocenters. The Morgan fingerprint density at radius 1 is 0.680 bits per heavy atom.